The van der Waals surface area contributed by atoms with Crippen LogP contribution in [0.15, 0.2) is 53.5 Å². The molecule has 5 heterocycles. The molecular weight excluding hydrogens is 820 g/mol. The number of alkyl halides is 3. The minimum Gasteiger partial charge on any atom is -0.385 e. The van der Waals surface area contributed by atoms with Crippen molar-refractivity contribution >= 4 is 46.3 Å². The highest BCUT2D eigenvalue weighted by Gasteiger charge is 2.44. The van der Waals surface area contributed by atoms with E-state index in [9.17, 15) is 41.9 Å². The van der Waals surface area contributed by atoms with Gasteiger partial charge in [0.1, 0.15) is 11.9 Å². The van der Waals surface area contributed by atoms with E-state index < -0.39 is 42.6 Å². The fraction of sp³-hybridized carbons (Fsp3) is 0.500. The van der Waals surface area contributed by atoms with Gasteiger partial charge in [-0.1, -0.05) is 44.6 Å². The Balaban J connectivity index is 0.799. The number of benzene rings is 2. The van der Waals surface area contributed by atoms with Crippen molar-refractivity contribution in [3.8, 4) is 11.1 Å². The van der Waals surface area contributed by atoms with E-state index in [-0.39, 0.29) is 47.9 Å². The van der Waals surface area contributed by atoms with E-state index in [1.54, 1.807) is 44.4 Å². The number of hydrogen-bond acceptors (Lipinski definition) is 9. The Labute approximate surface area is 363 Å². The van der Waals surface area contributed by atoms with Crippen LogP contribution in [0.1, 0.15) is 121 Å². The fourth-order valence-corrected chi connectivity index (χ4v) is 8.98. The van der Waals surface area contributed by atoms with Crippen molar-refractivity contribution < 1.29 is 41.9 Å². The summed E-state index contributed by atoms with van der Waals surface area (Å²) >= 11 is 0. The highest BCUT2D eigenvalue weighted by atomic mass is 19.4. The van der Waals surface area contributed by atoms with Crippen molar-refractivity contribution in [3.05, 3.63) is 81.5 Å². The minimum atomic E-state index is -4.75. The number of carbonyl (C=O) groups is 5. The highest BCUT2D eigenvalue weighted by Crippen LogP contribution is 2.34. The number of piperidine rings is 2. The Hall–Kier alpha value is -5.84. The number of likely N-dealkylation sites (tertiary alicyclic amines) is 1. The predicted octanol–water partition coefficient (Wildman–Crippen LogP) is 6.98. The summed E-state index contributed by atoms with van der Waals surface area (Å²) in [5.74, 6) is -1.33. The summed E-state index contributed by atoms with van der Waals surface area (Å²) in [4.78, 5) is 83.0. The molecule has 14 nitrogen and oxygen atoms in total. The number of fused-ring (bicyclic) bond motifs is 2. The topological polar surface area (TPSA) is 165 Å². The van der Waals surface area contributed by atoms with Crippen LogP contribution in [-0.2, 0) is 32.7 Å². The van der Waals surface area contributed by atoms with Crippen LogP contribution >= 0.6 is 0 Å². The summed E-state index contributed by atoms with van der Waals surface area (Å²) in [5, 5.41) is 5.53. The van der Waals surface area contributed by atoms with Crippen LogP contribution < -0.4 is 16.2 Å². The maximum absolute atomic E-state index is 13.1. The van der Waals surface area contributed by atoms with Gasteiger partial charge in [0, 0.05) is 69.4 Å². The Morgan fingerprint density at radius 1 is 0.857 bits per heavy atom. The van der Waals surface area contributed by atoms with Crippen molar-refractivity contribution in [2.24, 2.45) is 7.05 Å². The van der Waals surface area contributed by atoms with Gasteiger partial charge in [-0.2, -0.15) is 0 Å². The maximum atomic E-state index is 13.1. The molecule has 3 aliphatic rings. The van der Waals surface area contributed by atoms with Gasteiger partial charge < -0.3 is 19.4 Å². The molecule has 1 unspecified atom stereocenters. The average Bonchev–Trinajstić information content (AvgIpc) is 3.73. The van der Waals surface area contributed by atoms with E-state index in [1.165, 1.54) is 4.57 Å². The first-order valence-corrected chi connectivity index (χ1v) is 21.9. The van der Waals surface area contributed by atoms with Gasteiger partial charge >= 0.3 is 6.36 Å². The van der Waals surface area contributed by atoms with Gasteiger partial charge in [-0.05, 0) is 86.6 Å². The first-order chi connectivity index (χ1) is 30.2. The standard InChI is InChI=1S/C46H54F3N7O7/c1-29-25-32(28-53(2)43(29)60)31-12-15-36-38(26-31)55(23-24-63-46(47,48)49)41(51-36)30-18-21-54(22-19-30)40(58)11-9-7-5-3-4-6-8-10-20-50-33-13-14-34-35(27-33)45(62)56(44(34)61)37-16-17-39(57)52-42(37)59/h12-15,25-28,30,37,50H,3-11,16-24H2,1-2H3,(H,52,57,59). The monoisotopic (exact) mass is 873 g/mol. The molecular formula is C46H54F3N7O7. The van der Waals surface area contributed by atoms with Crippen LogP contribution in [0.25, 0.3) is 22.2 Å². The lowest BCUT2D eigenvalue weighted by Gasteiger charge is -2.32. The van der Waals surface area contributed by atoms with Crippen molar-refractivity contribution in [1.82, 2.24) is 29.2 Å². The number of rotatable bonds is 18. The van der Waals surface area contributed by atoms with Crippen molar-refractivity contribution in [3.63, 3.8) is 0 Å². The fourth-order valence-electron chi connectivity index (χ4n) is 8.98. The number of aromatic nitrogens is 3. The van der Waals surface area contributed by atoms with E-state index in [1.807, 2.05) is 27.7 Å². The molecule has 0 saturated carbocycles. The molecule has 0 bridgehead atoms. The first kappa shape index (κ1) is 45.2. The number of hydrogen-bond donors (Lipinski definition) is 2. The van der Waals surface area contributed by atoms with Gasteiger partial charge in [-0.3, -0.25) is 43.7 Å². The number of nitrogens with one attached hydrogen (secondary N) is 2. The second-order valence-electron chi connectivity index (χ2n) is 16.8. The average molecular weight is 874 g/mol. The van der Waals surface area contributed by atoms with Crippen LogP contribution in [0, 0.1) is 6.92 Å². The molecule has 2 saturated heterocycles. The van der Waals surface area contributed by atoms with Gasteiger partial charge in [0.05, 0.1) is 28.8 Å². The molecule has 4 aromatic rings. The van der Waals surface area contributed by atoms with Gasteiger partial charge in [0.2, 0.25) is 17.7 Å². The number of unbranched alkanes of at least 4 members (excludes halogenated alkanes) is 7. The SMILES string of the molecule is Cc1cc(-c2ccc3nc(C4CCN(C(=O)CCCCCCCCCCNc5ccc6c(c5)C(=O)N(C5CCC(=O)NC5=O)C6=O)CC4)n(CCOC(F)(F)F)c3c2)cn(C)c1=O. The first-order valence-electron chi connectivity index (χ1n) is 21.9. The predicted molar refractivity (Wildman–Crippen MR) is 229 cm³/mol. The van der Waals surface area contributed by atoms with Crippen molar-refractivity contribution in [1.29, 1.82) is 0 Å². The van der Waals surface area contributed by atoms with E-state index in [0.717, 1.165) is 73.1 Å². The summed E-state index contributed by atoms with van der Waals surface area (Å²) in [6, 6.07) is 11.5. The number of halogens is 3. The molecule has 63 heavy (non-hydrogen) atoms. The molecule has 2 fully saturated rings. The third-order valence-corrected chi connectivity index (χ3v) is 12.4. The van der Waals surface area contributed by atoms with Gasteiger partial charge in [0.15, 0.2) is 0 Å². The zero-order valence-electron chi connectivity index (χ0n) is 35.7. The molecule has 17 heteroatoms. The molecule has 1 atom stereocenters. The lowest BCUT2D eigenvalue weighted by Crippen LogP contribution is -2.54. The third-order valence-electron chi connectivity index (χ3n) is 12.4. The number of anilines is 1. The Kier molecular flexibility index (Phi) is 14.1. The normalized spacial score (nSPS) is 17.2. The number of amides is 5. The number of imide groups is 2. The van der Waals surface area contributed by atoms with Crippen LogP contribution in [0.3, 0.4) is 0 Å². The van der Waals surface area contributed by atoms with E-state index >= 15 is 0 Å². The maximum Gasteiger partial charge on any atom is 0.522 e. The van der Waals surface area contributed by atoms with E-state index in [0.29, 0.717) is 61.3 Å². The molecule has 336 valence electrons. The minimum absolute atomic E-state index is 0.0389. The molecule has 2 aromatic heterocycles. The zero-order chi connectivity index (χ0) is 44.8. The number of nitrogens with zero attached hydrogens (tertiary/aromatic N) is 5. The van der Waals surface area contributed by atoms with Gasteiger partial charge in [-0.25, -0.2) is 4.98 Å². The van der Waals surface area contributed by atoms with Crippen LogP contribution in [-0.4, -0.2) is 92.1 Å². The molecule has 0 aliphatic carbocycles. The summed E-state index contributed by atoms with van der Waals surface area (Å²) in [6.45, 7) is 2.94. The summed E-state index contributed by atoms with van der Waals surface area (Å²) in [5.41, 5.74) is 4.67. The molecule has 7 rings (SSSR count). The number of pyridine rings is 1. The van der Waals surface area contributed by atoms with Crippen LogP contribution in [0.5, 0.6) is 0 Å². The Bertz CT molecular complexity index is 2410. The lowest BCUT2D eigenvalue weighted by atomic mass is 9.95. The second-order valence-corrected chi connectivity index (χ2v) is 16.8. The number of aryl methyl sites for hydroxylation is 2. The summed E-state index contributed by atoms with van der Waals surface area (Å²) < 4.78 is 46.4. The molecule has 3 aliphatic heterocycles. The molecule has 2 N–H and O–H groups in total. The molecule has 0 radical (unpaired) electrons. The summed E-state index contributed by atoms with van der Waals surface area (Å²) in [7, 11) is 1.68. The van der Waals surface area contributed by atoms with Crippen molar-refractivity contribution in [2.75, 3.05) is 31.6 Å². The second kappa shape index (κ2) is 19.7. The summed E-state index contributed by atoms with van der Waals surface area (Å²) in [6.07, 6.45) is 6.99. The zero-order valence-corrected chi connectivity index (χ0v) is 35.7. The number of ether oxygens (including phenoxy) is 1. The van der Waals surface area contributed by atoms with Crippen LogP contribution in [0.4, 0.5) is 18.9 Å². The lowest BCUT2D eigenvalue weighted by molar-refractivity contribution is -0.325. The van der Waals surface area contributed by atoms with E-state index in [2.05, 4.69) is 15.4 Å². The largest absolute Gasteiger partial charge is 0.522 e. The Morgan fingerprint density at radius 3 is 2.25 bits per heavy atom. The van der Waals surface area contributed by atoms with Crippen LogP contribution in [0.2, 0.25) is 0 Å². The van der Waals surface area contributed by atoms with Crippen molar-refractivity contribution in [2.45, 2.75) is 115 Å². The Morgan fingerprint density at radius 2 is 1.56 bits per heavy atom. The van der Waals surface area contributed by atoms with Gasteiger partial charge in [0.25, 0.3) is 17.4 Å². The molecule has 2 aromatic carbocycles. The molecule has 0 spiro atoms. The smallest absolute Gasteiger partial charge is 0.385 e. The third kappa shape index (κ3) is 10.7. The number of carbonyl (C=O) groups excluding carboxylic acids is 5. The highest BCUT2D eigenvalue weighted by molar-refractivity contribution is 6.23. The molecule has 5 amide bonds. The van der Waals surface area contributed by atoms with Gasteiger partial charge in [-0.15, -0.1) is 13.2 Å². The van der Waals surface area contributed by atoms with E-state index in [4.69, 9.17) is 4.98 Å². The quantitative estimate of drug-likeness (QED) is 0.0793. The number of imidazole rings is 1.